The van der Waals surface area contributed by atoms with E-state index in [1.807, 2.05) is 13.8 Å². The van der Waals surface area contributed by atoms with E-state index in [0.717, 1.165) is 0 Å². The Balaban J connectivity index is 3.58. The smallest absolute Gasteiger partial charge is 0.341 e. The van der Waals surface area contributed by atoms with Gasteiger partial charge in [-0.25, -0.2) is 4.79 Å². The van der Waals surface area contributed by atoms with Gasteiger partial charge in [0.25, 0.3) is 5.56 Å². The minimum atomic E-state index is -0.531. The van der Waals surface area contributed by atoms with Crippen molar-refractivity contribution in [1.82, 2.24) is 4.57 Å². The molecule has 0 aliphatic carbocycles. The van der Waals surface area contributed by atoms with Crippen molar-refractivity contribution in [2.45, 2.75) is 26.8 Å². The van der Waals surface area contributed by atoms with Crippen LogP contribution in [0.2, 0.25) is 5.02 Å². The summed E-state index contributed by atoms with van der Waals surface area (Å²) < 4.78 is 6.15. The second-order valence-electron chi connectivity index (χ2n) is 3.75. The summed E-state index contributed by atoms with van der Waals surface area (Å²) in [5.74, 6) is -0.531. The Kier molecular flexibility index (Phi) is 3.75. The number of halogens is 1. The molecule has 88 valence electrons. The Labute approximate surface area is 98.8 Å². The molecular formula is C11H14ClNO3. The van der Waals surface area contributed by atoms with Gasteiger partial charge < -0.3 is 9.30 Å². The highest BCUT2D eigenvalue weighted by Gasteiger charge is 2.19. The molecule has 1 rings (SSSR count). The summed E-state index contributed by atoms with van der Waals surface area (Å²) >= 11 is 5.87. The summed E-state index contributed by atoms with van der Waals surface area (Å²) in [6.07, 6.45) is 0. The van der Waals surface area contributed by atoms with Crippen LogP contribution in [0.1, 0.15) is 35.9 Å². The van der Waals surface area contributed by atoms with E-state index in [9.17, 15) is 9.59 Å². The summed E-state index contributed by atoms with van der Waals surface area (Å²) in [7, 11) is 1.28. The fourth-order valence-corrected chi connectivity index (χ4v) is 2.00. The van der Waals surface area contributed by atoms with Crippen molar-refractivity contribution in [2.75, 3.05) is 7.11 Å². The lowest BCUT2D eigenvalue weighted by atomic mass is 10.1. The maximum absolute atomic E-state index is 11.7. The van der Waals surface area contributed by atoms with Gasteiger partial charge in [0.1, 0.15) is 0 Å². The predicted molar refractivity (Wildman–Crippen MR) is 62.2 cm³/mol. The summed E-state index contributed by atoms with van der Waals surface area (Å²) in [5, 5.41) is 0.131. The van der Waals surface area contributed by atoms with E-state index in [4.69, 9.17) is 11.6 Å². The molecule has 1 heterocycles. The summed E-state index contributed by atoms with van der Waals surface area (Å²) in [6, 6.07) is 1.20. The van der Waals surface area contributed by atoms with Crippen LogP contribution >= 0.6 is 11.6 Å². The molecule has 0 N–H and O–H groups in total. The number of ether oxygens (including phenoxy) is 1. The standard InChI is InChI=1S/C11H14ClNO3/c1-6(2)13-7(3)10(11(15)16-4)8(12)5-9(13)14/h5-6H,1-4H3. The van der Waals surface area contributed by atoms with E-state index < -0.39 is 5.97 Å². The molecule has 1 aromatic rings. The molecule has 0 bridgehead atoms. The van der Waals surface area contributed by atoms with Crippen LogP contribution in [0.5, 0.6) is 0 Å². The fourth-order valence-electron chi connectivity index (χ4n) is 1.70. The third-order valence-electron chi connectivity index (χ3n) is 2.36. The van der Waals surface area contributed by atoms with Gasteiger partial charge in [0.05, 0.1) is 17.7 Å². The molecule has 0 radical (unpaired) electrons. The van der Waals surface area contributed by atoms with E-state index in [0.29, 0.717) is 5.69 Å². The Morgan fingerprint density at radius 3 is 2.50 bits per heavy atom. The second kappa shape index (κ2) is 4.70. The molecule has 0 aliphatic rings. The van der Waals surface area contributed by atoms with Crippen molar-refractivity contribution >= 4 is 17.6 Å². The second-order valence-corrected chi connectivity index (χ2v) is 4.15. The van der Waals surface area contributed by atoms with Gasteiger partial charge in [0, 0.05) is 17.8 Å². The Morgan fingerprint density at radius 1 is 1.50 bits per heavy atom. The molecular weight excluding hydrogens is 230 g/mol. The number of esters is 1. The molecule has 0 amide bonds. The molecule has 0 spiro atoms. The zero-order valence-corrected chi connectivity index (χ0v) is 10.5. The number of aromatic nitrogens is 1. The molecule has 5 heteroatoms. The van der Waals surface area contributed by atoms with E-state index in [-0.39, 0.29) is 22.2 Å². The van der Waals surface area contributed by atoms with Crippen LogP contribution in [-0.2, 0) is 4.74 Å². The highest BCUT2D eigenvalue weighted by Crippen LogP contribution is 2.20. The van der Waals surface area contributed by atoms with Crippen LogP contribution in [-0.4, -0.2) is 17.6 Å². The maximum atomic E-state index is 11.7. The average Bonchev–Trinajstić information content (AvgIpc) is 2.15. The summed E-state index contributed by atoms with van der Waals surface area (Å²) in [6.45, 7) is 5.41. The van der Waals surface area contributed by atoms with Gasteiger partial charge in [-0.2, -0.15) is 0 Å². The minimum absolute atomic E-state index is 0.0341. The molecule has 1 aromatic heterocycles. The van der Waals surface area contributed by atoms with Gasteiger partial charge in [-0.05, 0) is 20.8 Å². The van der Waals surface area contributed by atoms with Gasteiger partial charge in [-0.1, -0.05) is 11.6 Å². The normalized spacial score (nSPS) is 10.6. The van der Waals surface area contributed by atoms with Crippen molar-refractivity contribution in [1.29, 1.82) is 0 Å². The van der Waals surface area contributed by atoms with Gasteiger partial charge in [0.2, 0.25) is 0 Å². The number of rotatable bonds is 2. The SMILES string of the molecule is COC(=O)c1c(Cl)cc(=O)n(C(C)C)c1C. The molecule has 4 nitrogen and oxygen atoms in total. The Bertz CT molecular complexity index is 477. The Hall–Kier alpha value is -1.29. The first kappa shape index (κ1) is 12.8. The van der Waals surface area contributed by atoms with Crippen LogP contribution in [0.25, 0.3) is 0 Å². The van der Waals surface area contributed by atoms with E-state index in [1.54, 1.807) is 6.92 Å². The molecule has 0 aliphatic heterocycles. The fraction of sp³-hybridized carbons (Fsp3) is 0.455. The molecule has 16 heavy (non-hydrogen) atoms. The number of nitrogens with zero attached hydrogens (tertiary/aromatic N) is 1. The zero-order chi connectivity index (χ0) is 12.5. The molecule has 0 atom stereocenters. The van der Waals surface area contributed by atoms with Crippen LogP contribution in [0, 0.1) is 6.92 Å². The third kappa shape index (κ3) is 2.11. The first-order valence-corrected chi connectivity index (χ1v) is 5.28. The first-order valence-electron chi connectivity index (χ1n) is 4.90. The molecule has 0 unspecified atom stereocenters. The molecule has 0 saturated heterocycles. The zero-order valence-electron chi connectivity index (χ0n) is 9.70. The number of hydrogen-bond donors (Lipinski definition) is 0. The number of hydrogen-bond acceptors (Lipinski definition) is 3. The number of carbonyl (C=O) groups is 1. The Morgan fingerprint density at radius 2 is 2.06 bits per heavy atom. The lowest BCUT2D eigenvalue weighted by molar-refractivity contribution is 0.0598. The van der Waals surface area contributed by atoms with Gasteiger partial charge in [0.15, 0.2) is 0 Å². The lowest BCUT2D eigenvalue weighted by Gasteiger charge is -2.16. The van der Waals surface area contributed by atoms with Crippen LogP contribution < -0.4 is 5.56 Å². The molecule has 0 saturated carbocycles. The van der Waals surface area contributed by atoms with E-state index >= 15 is 0 Å². The quantitative estimate of drug-likeness (QED) is 0.748. The van der Waals surface area contributed by atoms with Crippen molar-refractivity contribution in [3.63, 3.8) is 0 Å². The monoisotopic (exact) mass is 243 g/mol. The maximum Gasteiger partial charge on any atom is 0.341 e. The van der Waals surface area contributed by atoms with Gasteiger partial charge >= 0.3 is 5.97 Å². The largest absolute Gasteiger partial charge is 0.465 e. The van der Waals surface area contributed by atoms with Gasteiger partial charge in [-0.15, -0.1) is 0 Å². The third-order valence-corrected chi connectivity index (χ3v) is 2.65. The highest BCUT2D eigenvalue weighted by atomic mass is 35.5. The van der Waals surface area contributed by atoms with Gasteiger partial charge in [-0.3, -0.25) is 4.79 Å². The summed E-state index contributed by atoms with van der Waals surface area (Å²) in [5.41, 5.74) is 0.557. The van der Waals surface area contributed by atoms with Crippen LogP contribution in [0.4, 0.5) is 0 Å². The lowest BCUT2D eigenvalue weighted by Crippen LogP contribution is -2.26. The predicted octanol–water partition coefficient (Wildman–Crippen LogP) is 2.18. The topological polar surface area (TPSA) is 48.3 Å². The van der Waals surface area contributed by atoms with Crippen molar-refractivity contribution in [2.24, 2.45) is 0 Å². The van der Waals surface area contributed by atoms with Crippen molar-refractivity contribution in [3.8, 4) is 0 Å². The van der Waals surface area contributed by atoms with E-state index in [2.05, 4.69) is 4.74 Å². The van der Waals surface area contributed by atoms with Crippen molar-refractivity contribution < 1.29 is 9.53 Å². The van der Waals surface area contributed by atoms with Crippen molar-refractivity contribution in [3.05, 3.63) is 32.7 Å². The average molecular weight is 244 g/mol. The highest BCUT2D eigenvalue weighted by molar-refractivity contribution is 6.33. The van der Waals surface area contributed by atoms with Crippen LogP contribution in [0.3, 0.4) is 0 Å². The number of carbonyl (C=O) groups excluding carboxylic acids is 1. The van der Waals surface area contributed by atoms with Crippen LogP contribution in [0.15, 0.2) is 10.9 Å². The number of pyridine rings is 1. The number of methoxy groups -OCH3 is 1. The minimum Gasteiger partial charge on any atom is -0.465 e. The molecule has 0 aromatic carbocycles. The molecule has 0 fully saturated rings. The van der Waals surface area contributed by atoms with E-state index in [1.165, 1.54) is 17.7 Å². The summed E-state index contributed by atoms with van der Waals surface area (Å²) in [4.78, 5) is 23.2. The first-order chi connectivity index (χ1) is 7.40.